The number of hydrogen-bond acceptors (Lipinski definition) is 6. The Labute approximate surface area is 150 Å². The van der Waals surface area contributed by atoms with Gasteiger partial charge >= 0.3 is 12.3 Å². The molecule has 0 aromatic heterocycles. The summed E-state index contributed by atoms with van der Waals surface area (Å²) in [6.45, 7) is 0. The molecule has 0 aliphatic heterocycles. The van der Waals surface area contributed by atoms with Crippen LogP contribution in [0.2, 0.25) is 0 Å². The summed E-state index contributed by atoms with van der Waals surface area (Å²) in [7, 11) is -3.08. The minimum absolute atomic E-state index is 0.0826. The van der Waals surface area contributed by atoms with Crippen LogP contribution in [-0.4, -0.2) is 38.1 Å². The first kappa shape index (κ1) is 20.2. The second-order valence-electron chi connectivity index (χ2n) is 5.00. The Morgan fingerprint density at radius 2 is 1.74 bits per heavy atom. The number of carboxylic acid groups (broad SMARTS) is 1. The minimum atomic E-state index is -5.15. The van der Waals surface area contributed by atoms with E-state index in [0.29, 0.717) is 12.1 Å². The lowest BCUT2D eigenvalue weighted by Gasteiger charge is -2.13. The number of aromatic carboxylic acids is 1. The first-order valence-electron chi connectivity index (χ1n) is 6.96. The Morgan fingerprint density at radius 1 is 1.11 bits per heavy atom. The summed E-state index contributed by atoms with van der Waals surface area (Å²) < 4.78 is 72.1. The standard InChI is InChI=1S/C15H12F3NO7S/c1-25-13-4-2-8(6-11(13)20)19-27(23,24)9-3-5-12(26-15(16,17)18)10(7-9)14(21)22/h2-7,19-20H,1H3,(H,21,22). The van der Waals surface area contributed by atoms with Crippen molar-refractivity contribution in [2.24, 2.45) is 0 Å². The van der Waals surface area contributed by atoms with E-state index in [0.717, 1.165) is 12.1 Å². The second-order valence-corrected chi connectivity index (χ2v) is 6.69. The Kier molecular flexibility index (Phi) is 5.40. The van der Waals surface area contributed by atoms with Crippen molar-refractivity contribution in [1.29, 1.82) is 0 Å². The highest BCUT2D eigenvalue weighted by atomic mass is 32.2. The van der Waals surface area contributed by atoms with E-state index in [1.165, 1.54) is 19.2 Å². The fourth-order valence-electron chi connectivity index (χ4n) is 2.02. The van der Waals surface area contributed by atoms with Crippen LogP contribution in [0.5, 0.6) is 17.2 Å². The van der Waals surface area contributed by atoms with E-state index in [1.54, 1.807) is 0 Å². The van der Waals surface area contributed by atoms with Crippen molar-refractivity contribution in [1.82, 2.24) is 0 Å². The molecule has 0 spiro atoms. The smallest absolute Gasteiger partial charge is 0.504 e. The van der Waals surface area contributed by atoms with Gasteiger partial charge in [-0.15, -0.1) is 13.2 Å². The maximum atomic E-state index is 12.4. The highest BCUT2D eigenvalue weighted by molar-refractivity contribution is 7.92. The Morgan fingerprint density at radius 3 is 2.26 bits per heavy atom. The zero-order valence-electron chi connectivity index (χ0n) is 13.4. The van der Waals surface area contributed by atoms with Crippen molar-refractivity contribution < 1.29 is 46.1 Å². The van der Waals surface area contributed by atoms with Crippen molar-refractivity contribution in [3.63, 3.8) is 0 Å². The Hall–Kier alpha value is -3.15. The lowest BCUT2D eigenvalue weighted by Crippen LogP contribution is -2.20. The number of benzene rings is 2. The van der Waals surface area contributed by atoms with Crippen molar-refractivity contribution in [3.05, 3.63) is 42.0 Å². The van der Waals surface area contributed by atoms with E-state index in [2.05, 4.69) is 9.46 Å². The number of sulfonamides is 1. The molecule has 0 unspecified atom stereocenters. The molecule has 0 aliphatic carbocycles. The third kappa shape index (κ3) is 4.94. The van der Waals surface area contributed by atoms with E-state index < -0.39 is 38.6 Å². The third-order valence-corrected chi connectivity index (χ3v) is 4.53. The average molecular weight is 407 g/mol. The summed E-state index contributed by atoms with van der Waals surface area (Å²) in [4.78, 5) is 10.5. The first-order valence-corrected chi connectivity index (χ1v) is 8.44. The third-order valence-electron chi connectivity index (χ3n) is 3.15. The van der Waals surface area contributed by atoms with Crippen LogP contribution < -0.4 is 14.2 Å². The van der Waals surface area contributed by atoms with E-state index in [9.17, 15) is 31.5 Å². The van der Waals surface area contributed by atoms with Crippen LogP contribution in [0.1, 0.15) is 10.4 Å². The molecule has 2 aromatic rings. The molecule has 0 radical (unpaired) electrons. The van der Waals surface area contributed by atoms with E-state index in [1.807, 2.05) is 0 Å². The number of aromatic hydroxyl groups is 1. The molecule has 0 atom stereocenters. The lowest BCUT2D eigenvalue weighted by atomic mass is 10.2. The predicted octanol–water partition coefficient (Wildman–Crippen LogP) is 2.80. The summed E-state index contributed by atoms with van der Waals surface area (Å²) in [5.41, 5.74) is -1.08. The molecule has 0 heterocycles. The first-order chi connectivity index (χ1) is 12.4. The van der Waals surface area contributed by atoms with Gasteiger partial charge in [0.1, 0.15) is 11.3 Å². The molecule has 12 heteroatoms. The molecule has 0 aliphatic rings. The van der Waals surface area contributed by atoms with Crippen LogP contribution in [0.3, 0.4) is 0 Å². The number of nitrogens with one attached hydrogen (secondary N) is 1. The molecule has 3 N–H and O–H groups in total. The summed E-state index contributed by atoms with van der Waals surface area (Å²) in [6.07, 6.45) is -5.15. The van der Waals surface area contributed by atoms with Crippen molar-refractivity contribution in [2.45, 2.75) is 11.3 Å². The van der Waals surface area contributed by atoms with Crippen LogP contribution in [0.4, 0.5) is 18.9 Å². The van der Waals surface area contributed by atoms with Gasteiger partial charge < -0.3 is 19.7 Å². The molecular formula is C15H12F3NO7S. The zero-order chi connectivity index (χ0) is 20.4. The van der Waals surface area contributed by atoms with Crippen molar-refractivity contribution >= 4 is 21.7 Å². The number of phenols is 1. The van der Waals surface area contributed by atoms with E-state index >= 15 is 0 Å². The highest BCUT2D eigenvalue weighted by Gasteiger charge is 2.33. The molecule has 8 nitrogen and oxygen atoms in total. The summed E-state index contributed by atoms with van der Waals surface area (Å²) >= 11 is 0. The minimum Gasteiger partial charge on any atom is -0.504 e. The fourth-order valence-corrected chi connectivity index (χ4v) is 3.10. The molecule has 0 saturated carbocycles. The normalized spacial score (nSPS) is 11.7. The summed E-state index contributed by atoms with van der Waals surface area (Å²) in [6, 6.07) is 5.42. The Bertz CT molecular complexity index is 974. The number of alkyl halides is 3. The zero-order valence-corrected chi connectivity index (χ0v) is 14.3. The van der Waals surface area contributed by atoms with Crippen molar-refractivity contribution in [3.8, 4) is 17.2 Å². The van der Waals surface area contributed by atoms with Gasteiger partial charge in [0.15, 0.2) is 11.5 Å². The largest absolute Gasteiger partial charge is 0.573 e. The number of methoxy groups -OCH3 is 1. The van der Waals surface area contributed by atoms with Crippen LogP contribution in [0, 0.1) is 0 Å². The molecular weight excluding hydrogens is 395 g/mol. The molecule has 0 amide bonds. The molecule has 2 rings (SSSR count). The summed E-state index contributed by atoms with van der Waals surface area (Å²) in [5.74, 6) is -3.15. The molecule has 2 aromatic carbocycles. The molecule has 0 saturated heterocycles. The van der Waals surface area contributed by atoms with Gasteiger partial charge in [0.2, 0.25) is 0 Å². The fraction of sp³-hybridized carbons (Fsp3) is 0.133. The number of anilines is 1. The van der Waals surface area contributed by atoms with Crippen LogP contribution in [0.25, 0.3) is 0 Å². The van der Waals surface area contributed by atoms with Gasteiger partial charge in [0.05, 0.1) is 17.7 Å². The topological polar surface area (TPSA) is 122 Å². The van der Waals surface area contributed by atoms with E-state index in [-0.39, 0.29) is 17.2 Å². The monoisotopic (exact) mass is 407 g/mol. The molecule has 146 valence electrons. The van der Waals surface area contributed by atoms with Crippen molar-refractivity contribution in [2.75, 3.05) is 11.8 Å². The van der Waals surface area contributed by atoms with Gasteiger partial charge in [-0.1, -0.05) is 0 Å². The maximum absolute atomic E-state index is 12.4. The van der Waals surface area contributed by atoms with Gasteiger partial charge in [-0.3, -0.25) is 4.72 Å². The molecule has 27 heavy (non-hydrogen) atoms. The van der Waals surface area contributed by atoms with Gasteiger partial charge in [-0.25, -0.2) is 13.2 Å². The van der Waals surface area contributed by atoms with Crippen LogP contribution >= 0.6 is 0 Å². The molecule has 0 bridgehead atoms. The number of rotatable bonds is 6. The Balaban J connectivity index is 2.39. The average Bonchev–Trinajstić information content (AvgIpc) is 2.53. The van der Waals surface area contributed by atoms with Crippen LogP contribution in [0.15, 0.2) is 41.3 Å². The lowest BCUT2D eigenvalue weighted by molar-refractivity contribution is -0.274. The second kappa shape index (κ2) is 7.23. The molecule has 0 fully saturated rings. The summed E-state index contributed by atoms with van der Waals surface area (Å²) in [5, 5.41) is 18.7. The van der Waals surface area contributed by atoms with Gasteiger partial charge in [0, 0.05) is 6.07 Å². The highest BCUT2D eigenvalue weighted by Crippen LogP contribution is 2.31. The van der Waals surface area contributed by atoms with Gasteiger partial charge in [0.25, 0.3) is 10.0 Å². The SMILES string of the molecule is COc1ccc(NS(=O)(=O)c2ccc(OC(F)(F)F)c(C(=O)O)c2)cc1O. The van der Waals surface area contributed by atoms with Gasteiger partial charge in [-0.2, -0.15) is 0 Å². The number of ether oxygens (including phenoxy) is 2. The predicted molar refractivity (Wildman–Crippen MR) is 85.6 cm³/mol. The number of phenolic OH excluding ortho intramolecular Hbond substituents is 1. The van der Waals surface area contributed by atoms with Crippen LogP contribution in [-0.2, 0) is 10.0 Å². The number of carbonyl (C=O) groups is 1. The van der Waals surface area contributed by atoms with E-state index in [4.69, 9.17) is 9.84 Å². The number of halogens is 3. The maximum Gasteiger partial charge on any atom is 0.573 e. The van der Waals surface area contributed by atoms with Gasteiger partial charge in [-0.05, 0) is 30.3 Å². The number of hydrogen-bond donors (Lipinski definition) is 3. The number of carboxylic acids is 1. The quantitative estimate of drug-likeness (QED) is 0.673.